The number of hydrogen-bond acceptors (Lipinski definition) is 9. The van der Waals surface area contributed by atoms with Crippen molar-refractivity contribution in [1.82, 2.24) is 10.4 Å². The third-order valence-corrected chi connectivity index (χ3v) is 5.96. The number of fused-ring (bicyclic) bond motifs is 1. The van der Waals surface area contributed by atoms with E-state index >= 15 is 0 Å². The number of ether oxygens (including phenoxy) is 3. The highest BCUT2D eigenvalue weighted by atomic mass is 35.5. The molecule has 37 heavy (non-hydrogen) atoms. The Hall–Kier alpha value is -4.02. The van der Waals surface area contributed by atoms with E-state index in [1.807, 2.05) is 24.3 Å². The SMILES string of the molecule is CCOc1cc(C=NNC(=O)CSc2nc3ccccc3o2)cc(Cl)c1OC(=O)c1ccc(OC)cc1. The summed E-state index contributed by atoms with van der Waals surface area (Å²) in [6.07, 6.45) is 1.41. The van der Waals surface area contributed by atoms with Gasteiger partial charge in [0.25, 0.3) is 11.1 Å². The first kappa shape index (κ1) is 26.1. The number of amides is 1. The fourth-order valence-electron chi connectivity index (χ4n) is 3.15. The number of nitrogens with one attached hydrogen (secondary N) is 1. The maximum absolute atomic E-state index is 12.6. The molecule has 11 heteroatoms. The van der Waals surface area contributed by atoms with Crippen LogP contribution in [0.2, 0.25) is 5.02 Å². The van der Waals surface area contributed by atoms with Gasteiger partial charge in [-0.1, -0.05) is 35.5 Å². The number of nitrogens with zero attached hydrogens (tertiary/aromatic N) is 2. The zero-order valence-corrected chi connectivity index (χ0v) is 21.5. The number of hydrogen-bond donors (Lipinski definition) is 1. The predicted octanol–water partition coefficient (Wildman–Crippen LogP) is 5.35. The Morgan fingerprint density at radius 2 is 1.95 bits per heavy atom. The lowest BCUT2D eigenvalue weighted by molar-refractivity contribution is -0.118. The summed E-state index contributed by atoms with van der Waals surface area (Å²) >= 11 is 7.55. The van der Waals surface area contributed by atoms with Crippen LogP contribution in [0.3, 0.4) is 0 Å². The van der Waals surface area contributed by atoms with E-state index in [4.69, 9.17) is 30.2 Å². The van der Waals surface area contributed by atoms with Crippen LogP contribution in [-0.2, 0) is 4.79 Å². The van der Waals surface area contributed by atoms with Crippen LogP contribution < -0.4 is 19.6 Å². The van der Waals surface area contributed by atoms with Crippen molar-refractivity contribution < 1.29 is 28.2 Å². The largest absolute Gasteiger partial charge is 0.497 e. The minimum atomic E-state index is -0.601. The first-order valence-corrected chi connectivity index (χ1v) is 12.5. The van der Waals surface area contributed by atoms with Gasteiger partial charge in [0.15, 0.2) is 17.1 Å². The van der Waals surface area contributed by atoms with Crippen LogP contribution in [0.15, 0.2) is 75.4 Å². The molecule has 0 aliphatic heterocycles. The highest BCUT2D eigenvalue weighted by Crippen LogP contribution is 2.37. The Morgan fingerprint density at radius 1 is 1.16 bits per heavy atom. The lowest BCUT2D eigenvalue weighted by Crippen LogP contribution is -2.19. The third kappa shape index (κ3) is 6.81. The Morgan fingerprint density at radius 3 is 2.68 bits per heavy atom. The fourth-order valence-corrected chi connectivity index (χ4v) is 4.04. The van der Waals surface area contributed by atoms with Gasteiger partial charge in [-0.3, -0.25) is 4.79 Å². The quantitative estimate of drug-likeness (QED) is 0.0943. The molecule has 0 saturated carbocycles. The van der Waals surface area contributed by atoms with E-state index in [0.29, 0.717) is 34.3 Å². The number of benzene rings is 3. The molecule has 3 aromatic carbocycles. The Balaban J connectivity index is 1.38. The summed E-state index contributed by atoms with van der Waals surface area (Å²) in [6, 6.07) is 17.0. The minimum absolute atomic E-state index is 0.0648. The lowest BCUT2D eigenvalue weighted by Gasteiger charge is -2.13. The molecular weight excluding hydrogens is 518 g/mol. The molecule has 4 aromatic rings. The van der Waals surface area contributed by atoms with Gasteiger partial charge in [-0.05, 0) is 61.0 Å². The molecular formula is C26H22ClN3O6S. The lowest BCUT2D eigenvalue weighted by atomic mass is 10.2. The van der Waals surface area contributed by atoms with E-state index in [1.165, 1.54) is 13.3 Å². The molecule has 0 atom stereocenters. The number of oxazole rings is 1. The van der Waals surface area contributed by atoms with Gasteiger partial charge in [-0.2, -0.15) is 5.10 Å². The van der Waals surface area contributed by atoms with Crippen LogP contribution in [0.5, 0.6) is 17.2 Å². The minimum Gasteiger partial charge on any atom is -0.497 e. The predicted molar refractivity (Wildman–Crippen MR) is 141 cm³/mol. The third-order valence-electron chi connectivity index (χ3n) is 4.86. The number of para-hydroxylation sites is 2. The van der Waals surface area contributed by atoms with E-state index in [1.54, 1.807) is 43.3 Å². The van der Waals surface area contributed by atoms with Gasteiger partial charge in [0, 0.05) is 0 Å². The second-order valence-corrected chi connectivity index (χ2v) is 8.74. The summed E-state index contributed by atoms with van der Waals surface area (Å²) in [7, 11) is 1.54. The van der Waals surface area contributed by atoms with Crippen molar-refractivity contribution in [2.75, 3.05) is 19.5 Å². The normalized spacial score (nSPS) is 11.0. The van der Waals surface area contributed by atoms with Crippen molar-refractivity contribution in [3.05, 3.63) is 76.8 Å². The average Bonchev–Trinajstić information content (AvgIpc) is 3.33. The van der Waals surface area contributed by atoms with Crippen molar-refractivity contribution in [2.24, 2.45) is 5.10 Å². The van der Waals surface area contributed by atoms with Crippen LogP contribution in [0.1, 0.15) is 22.8 Å². The molecule has 0 spiro atoms. The highest BCUT2D eigenvalue weighted by molar-refractivity contribution is 7.99. The molecule has 0 saturated heterocycles. The van der Waals surface area contributed by atoms with Gasteiger partial charge in [0.2, 0.25) is 0 Å². The monoisotopic (exact) mass is 539 g/mol. The van der Waals surface area contributed by atoms with Crippen molar-refractivity contribution in [2.45, 2.75) is 12.1 Å². The molecule has 0 unspecified atom stereocenters. The number of methoxy groups -OCH3 is 1. The van der Waals surface area contributed by atoms with E-state index < -0.39 is 5.97 Å². The Bertz CT molecular complexity index is 1410. The number of rotatable bonds is 10. The van der Waals surface area contributed by atoms with Crippen molar-refractivity contribution in [1.29, 1.82) is 0 Å². The zero-order valence-electron chi connectivity index (χ0n) is 19.9. The van der Waals surface area contributed by atoms with E-state index in [-0.39, 0.29) is 28.2 Å². The number of hydrazone groups is 1. The van der Waals surface area contributed by atoms with Crippen molar-refractivity contribution in [3.8, 4) is 17.2 Å². The molecule has 9 nitrogen and oxygen atoms in total. The number of aromatic nitrogens is 1. The zero-order chi connectivity index (χ0) is 26.2. The van der Waals surface area contributed by atoms with Gasteiger partial charge < -0.3 is 18.6 Å². The summed E-state index contributed by atoms with van der Waals surface area (Å²) in [6.45, 7) is 2.10. The molecule has 190 valence electrons. The van der Waals surface area contributed by atoms with Gasteiger partial charge in [-0.15, -0.1) is 0 Å². The van der Waals surface area contributed by atoms with Gasteiger partial charge in [-0.25, -0.2) is 15.2 Å². The smallest absolute Gasteiger partial charge is 0.343 e. The van der Waals surface area contributed by atoms with Gasteiger partial charge >= 0.3 is 5.97 Å². The summed E-state index contributed by atoms with van der Waals surface area (Å²) in [5.74, 6) is 0.0804. The van der Waals surface area contributed by atoms with Crippen LogP contribution in [0.25, 0.3) is 11.1 Å². The molecule has 0 aliphatic rings. The number of esters is 1. The maximum Gasteiger partial charge on any atom is 0.343 e. The number of thioether (sulfide) groups is 1. The molecule has 0 aliphatic carbocycles. The highest BCUT2D eigenvalue weighted by Gasteiger charge is 2.18. The fraction of sp³-hybridized carbons (Fsp3) is 0.154. The molecule has 0 fully saturated rings. The molecule has 0 radical (unpaired) electrons. The van der Waals surface area contributed by atoms with Crippen molar-refractivity contribution >= 4 is 52.6 Å². The summed E-state index contributed by atoms with van der Waals surface area (Å²) in [5.41, 5.74) is 4.68. The first-order chi connectivity index (χ1) is 18.0. The van der Waals surface area contributed by atoms with E-state index in [9.17, 15) is 9.59 Å². The standard InChI is InChI=1S/C26H22ClN3O6S/c1-3-34-22-13-16(12-19(27)24(22)36-25(32)17-8-10-18(33-2)11-9-17)14-28-30-23(31)15-37-26-29-20-6-4-5-7-21(20)35-26/h4-14H,3,15H2,1-2H3,(H,30,31). The van der Waals surface area contributed by atoms with Gasteiger partial charge in [0.05, 0.1) is 36.3 Å². The Kier molecular flexibility index (Phi) is 8.65. The molecule has 1 aromatic heterocycles. The Labute approximate surface area is 221 Å². The molecule has 4 rings (SSSR count). The summed E-state index contributed by atoms with van der Waals surface area (Å²) < 4.78 is 21.8. The number of halogens is 1. The molecule has 1 N–H and O–H groups in total. The molecule has 1 heterocycles. The van der Waals surface area contributed by atoms with E-state index in [2.05, 4.69) is 15.5 Å². The number of carbonyl (C=O) groups excluding carboxylic acids is 2. The molecule has 0 bridgehead atoms. The maximum atomic E-state index is 12.6. The van der Waals surface area contributed by atoms with Crippen LogP contribution in [0.4, 0.5) is 0 Å². The van der Waals surface area contributed by atoms with Gasteiger partial charge in [0.1, 0.15) is 11.3 Å². The first-order valence-electron chi connectivity index (χ1n) is 11.1. The van der Waals surface area contributed by atoms with Crippen molar-refractivity contribution in [3.63, 3.8) is 0 Å². The number of carbonyl (C=O) groups is 2. The van der Waals surface area contributed by atoms with Crippen LogP contribution in [0, 0.1) is 0 Å². The molecule has 1 amide bonds. The average molecular weight is 540 g/mol. The van der Waals surface area contributed by atoms with Crippen LogP contribution >= 0.6 is 23.4 Å². The topological polar surface area (TPSA) is 112 Å². The van der Waals surface area contributed by atoms with E-state index in [0.717, 1.165) is 17.3 Å². The summed E-state index contributed by atoms with van der Waals surface area (Å²) in [4.78, 5) is 29.1. The van der Waals surface area contributed by atoms with Crippen LogP contribution in [-0.4, -0.2) is 42.5 Å². The summed E-state index contributed by atoms with van der Waals surface area (Å²) in [5, 5.41) is 4.51. The second-order valence-electron chi connectivity index (χ2n) is 7.41. The second kappa shape index (κ2) is 12.3.